The molecule has 0 heterocycles. The van der Waals surface area contributed by atoms with Crippen molar-refractivity contribution in [3.05, 3.63) is 34.9 Å². The lowest BCUT2D eigenvalue weighted by Crippen LogP contribution is -2.47. The van der Waals surface area contributed by atoms with Crippen molar-refractivity contribution in [2.24, 2.45) is 0 Å². The van der Waals surface area contributed by atoms with Crippen LogP contribution in [0.25, 0.3) is 0 Å². The second-order valence-corrected chi connectivity index (χ2v) is 7.93. The third-order valence-corrected chi connectivity index (χ3v) is 4.76. The highest BCUT2D eigenvalue weighted by Crippen LogP contribution is 2.19. The van der Waals surface area contributed by atoms with Gasteiger partial charge < -0.3 is 14.4 Å². The summed E-state index contributed by atoms with van der Waals surface area (Å²) in [5, 5.41) is 0.715. The van der Waals surface area contributed by atoms with Gasteiger partial charge in [-0.05, 0) is 51.0 Å². The van der Waals surface area contributed by atoms with Crippen LogP contribution in [0.1, 0.15) is 32.8 Å². The molecule has 4 nitrogen and oxygen atoms in total. The lowest BCUT2D eigenvalue weighted by molar-refractivity contribution is -0.105. The van der Waals surface area contributed by atoms with Gasteiger partial charge in [0.2, 0.25) is 0 Å². The van der Waals surface area contributed by atoms with E-state index < -0.39 is 0 Å². The van der Waals surface area contributed by atoms with E-state index in [1.54, 1.807) is 16.7 Å². The zero-order chi connectivity index (χ0) is 18.0. The molecule has 134 valence electrons. The van der Waals surface area contributed by atoms with Crippen LogP contribution in [-0.2, 0) is 16.0 Å². The maximum atomic E-state index is 12.4. The van der Waals surface area contributed by atoms with E-state index in [-0.39, 0.29) is 11.6 Å². The summed E-state index contributed by atoms with van der Waals surface area (Å²) in [7, 11) is 0. The Labute approximate surface area is 153 Å². The van der Waals surface area contributed by atoms with Crippen molar-refractivity contribution in [2.45, 2.75) is 39.2 Å². The zero-order valence-electron chi connectivity index (χ0n) is 14.6. The standard InChI is InChI=1S/C18H26ClNO3S/c1-18(2,3)20(10-9-15-7-4-5-8-16(15)19)17(22)23-12-6-13-24-14-11-21/h4-5,7-8,11H,6,9-10,12-14H2,1-3H3. The molecule has 0 aliphatic rings. The molecule has 0 N–H and O–H groups in total. The van der Waals surface area contributed by atoms with Gasteiger partial charge in [-0.15, -0.1) is 0 Å². The number of carbonyl (C=O) groups excluding carboxylic acids is 2. The Morgan fingerprint density at radius 1 is 1.33 bits per heavy atom. The van der Waals surface area contributed by atoms with Crippen molar-refractivity contribution in [3.8, 4) is 0 Å². The molecule has 0 spiro atoms. The zero-order valence-corrected chi connectivity index (χ0v) is 16.2. The van der Waals surface area contributed by atoms with Gasteiger partial charge in [0.05, 0.1) is 6.61 Å². The first kappa shape index (κ1) is 20.8. The van der Waals surface area contributed by atoms with Crippen LogP contribution >= 0.6 is 23.4 Å². The minimum Gasteiger partial charge on any atom is -0.449 e. The Morgan fingerprint density at radius 3 is 2.67 bits per heavy atom. The quantitative estimate of drug-likeness (QED) is 0.475. The summed E-state index contributed by atoms with van der Waals surface area (Å²) in [6, 6.07) is 7.66. The average Bonchev–Trinajstić information content (AvgIpc) is 2.51. The molecule has 0 unspecified atom stereocenters. The van der Waals surface area contributed by atoms with Crippen molar-refractivity contribution < 1.29 is 14.3 Å². The topological polar surface area (TPSA) is 46.6 Å². The monoisotopic (exact) mass is 371 g/mol. The predicted octanol–water partition coefficient (Wildman–Crippen LogP) is 4.44. The van der Waals surface area contributed by atoms with Crippen molar-refractivity contribution in [1.82, 2.24) is 4.90 Å². The van der Waals surface area contributed by atoms with Crippen LogP contribution in [0.15, 0.2) is 24.3 Å². The molecule has 1 aromatic carbocycles. The molecule has 1 rings (SSSR count). The number of carbonyl (C=O) groups is 2. The van der Waals surface area contributed by atoms with E-state index in [1.807, 2.05) is 45.0 Å². The number of benzene rings is 1. The van der Waals surface area contributed by atoms with Gasteiger partial charge in [0, 0.05) is 22.9 Å². The maximum Gasteiger partial charge on any atom is 0.410 e. The normalized spacial score (nSPS) is 11.2. The minimum atomic E-state index is -0.329. The SMILES string of the molecule is CC(C)(C)N(CCc1ccccc1Cl)C(=O)OCCCSCC=O. The number of hydrogen-bond acceptors (Lipinski definition) is 4. The minimum absolute atomic E-state index is 0.310. The molecule has 6 heteroatoms. The fraction of sp³-hybridized carbons (Fsp3) is 0.556. The predicted molar refractivity (Wildman–Crippen MR) is 101 cm³/mol. The molecule has 0 saturated carbocycles. The van der Waals surface area contributed by atoms with E-state index in [9.17, 15) is 9.59 Å². The summed E-state index contributed by atoms with van der Waals surface area (Å²) in [6.07, 6.45) is 2.00. The maximum absolute atomic E-state index is 12.4. The molecule has 0 bridgehead atoms. The Morgan fingerprint density at radius 2 is 2.04 bits per heavy atom. The fourth-order valence-electron chi connectivity index (χ4n) is 2.16. The van der Waals surface area contributed by atoms with E-state index >= 15 is 0 Å². The van der Waals surface area contributed by atoms with E-state index in [4.69, 9.17) is 16.3 Å². The lowest BCUT2D eigenvalue weighted by Gasteiger charge is -2.35. The van der Waals surface area contributed by atoms with Crippen LogP contribution in [0.2, 0.25) is 5.02 Å². The summed E-state index contributed by atoms with van der Waals surface area (Å²) in [5.74, 6) is 1.29. The van der Waals surface area contributed by atoms with Gasteiger partial charge in [0.1, 0.15) is 6.29 Å². The molecule has 0 aromatic heterocycles. The number of hydrogen-bond donors (Lipinski definition) is 0. The molecule has 0 radical (unpaired) electrons. The van der Waals surface area contributed by atoms with Crippen LogP contribution in [0, 0.1) is 0 Å². The molecule has 0 aliphatic carbocycles. The molecule has 1 amide bonds. The molecular formula is C18H26ClNO3S. The van der Waals surface area contributed by atoms with Gasteiger partial charge in [-0.25, -0.2) is 4.79 Å². The summed E-state index contributed by atoms with van der Waals surface area (Å²) in [5.41, 5.74) is 0.691. The van der Waals surface area contributed by atoms with Crippen LogP contribution in [-0.4, -0.2) is 47.5 Å². The molecule has 0 fully saturated rings. The molecule has 24 heavy (non-hydrogen) atoms. The summed E-state index contributed by atoms with van der Waals surface area (Å²) >= 11 is 7.72. The largest absolute Gasteiger partial charge is 0.449 e. The van der Waals surface area contributed by atoms with E-state index in [2.05, 4.69) is 0 Å². The van der Waals surface area contributed by atoms with Gasteiger partial charge in [0.15, 0.2) is 0 Å². The van der Waals surface area contributed by atoms with Gasteiger partial charge in [0.25, 0.3) is 0 Å². The number of nitrogens with zero attached hydrogens (tertiary/aromatic N) is 1. The van der Waals surface area contributed by atoms with Crippen molar-refractivity contribution in [3.63, 3.8) is 0 Å². The molecule has 0 aliphatic heterocycles. The second kappa shape index (κ2) is 10.6. The molecule has 0 saturated heterocycles. The fourth-order valence-corrected chi connectivity index (χ4v) is 2.98. The number of rotatable bonds is 9. The van der Waals surface area contributed by atoms with Crippen LogP contribution in [0.5, 0.6) is 0 Å². The summed E-state index contributed by atoms with van der Waals surface area (Å²) in [4.78, 5) is 24.4. The first-order valence-corrected chi connectivity index (χ1v) is 9.58. The Bertz CT molecular complexity index is 531. The summed E-state index contributed by atoms with van der Waals surface area (Å²) in [6.45, 7) is 6.87. The number of aldehydes is 1. The van der Waals surface area contributed by atoms with Crippen molar-refractivity contribution in [2.75, 3.05) is 24.7 Å². The third-order valence-electron chi connectivity index (χ3n) is 3.44. The number of halogens is 1. The number of thioether (sulfide) groups is 1. The highest BCUT2D eigenvalue weighted by atomic mass is 35.5. The Hall–Kier alpha value is -1.20. The van der Waals surface area contributed by atoms with Gasteiger partial charge in [-0.1, -0.05) is 29.8 Å². The summed E-state index contributed by atoms with van der Waals surface area (Å²) < 4.78 is 5.38. The molecular weight excluding hydrogens is 346 g/mol. The Kier molecular flexibility index (Phi) is 9.22. The number of amides is 1. The average molecular weight is 372 g/mol. The van der Waals surface area contributed by atoms with Gasteiger partial charge >= 0.3 is 6.09 Å². The van der Waals surface area contributed by atoms with Crippen LogP contribution in [0.4, 0.5) is 4.79 Å². The smallest absolute Gasteiger partial charge is 0.410 e. The van der Waals surface area contributed by atoms with Crippen molar-refractivity contribution >= 4 is 35.7 Å². The second-order valence-electron chi connectivity index (χ2n) is 6.37. The van der Waals surface area contributed by atoms with Gasteiger partial charge in [-0.2, -0.15) is 11.8 Å². The van der Waals surface area contributed by atoms with E-state index in [0.717, 1.165) is 24.0 Å². The van der Waals surface area contributed by atoms with Gasteiger partial charge in [-0.3, -0.25) is 0 Å². The van der Waals surface area contributed by atoms with E-state index in [0.29, 0.717) is 30.3 Å². The number of ether oxygens (including phenoxy) is 1. The highest BCUT2D eigenvalue weighted by Gasteiger charge is 2.27. The van der Waals surface area contributed by atoms with E-state index in [1.165, 1.54) is 0 Å². The van der Waals surface area contributed by atoms with Crippen molar-refractivity contribution in [1.29, 1.82) is 0 Å². The highest BCUT2D eigenvalue weighted by molar-refractivity contribution is 7.99. The Balaban J connectivity index is 2.51. The first-order chi connectivity index (χ1) is 11.4. The lowest BCUT2D eigenvalue weighted by atomic mass is 10.1. The molecule has 0 atom stereocenters. The third kappa shape index (κ3) is 7.58. The van der Waals surface area contributed by atoms with Crippen LogP contribution in [0.3, 0.4) is 0 Å². The first-order valence-electron chi connectivity index (χ1n) is 8.05. The molecule has 1 aromatic rings. The van der Waals surface area contributed by atoms with Crippen LogP contribution < -0.4 is 0 Å².